The second-order valence-corrected chi connectivity index (χ2v) is 6.26. The highest BCUT2D eigenvalue weighted by Gasteiger charge is 2.29. The first-order valence-electron chi connectivity index (χ1n) is 8.39. The molecule has 140 valence electrons. The first-order chi connectivity index (χ1) is 12.4. The molecule has 0 unspecified atom stereocenters. The number of benzene rings is 2. The van der Waals surface area contributed by atoms with Gasteiger partial charge in [0, 0.05) is 13.1 Å². The maximum atomic E-state index is 11.1. The van der Waals surface area contributed by atoms with Crippen molar-refractivity contribution in [2.45, 2.75) is 26.0 Å². The van der Waals surface area contributed by atoms with Crippen LogP contribution in [-0.4, -0.2) is 36.9 Å². The summed E-state index contributed by atoms with van der Waals surface area (Å²) in [6.45, 7) is 4.99. The minimum Gasteiger partial charge on any atom is -0.497 e. The average Bonchev–Trinajstić information content (AvgIpc) is 2.63. The van der Waals surface area contributed by atoms with Crippen LogP contribution in [0.25, 0.3) is 0 Å². The smallest absolute Gasteiger partial charge is 0.347 e. The summed E-state index contributed by atoms with van der Waals surface area (Å²) in [4.78, 5) is 11.1. The molecular formula is C20H25NO5. The van der Waals surface area contributed by atoms with Crippen LogP contribution in [0, 0.1) is 0 Å². The van der Waals surface area contributed by atoms with Gasteiger partial charge in [0.1, 0.15) is 23.9 Å². The third kappa shape index (κ3) is 5.97. The zero-order chi connectivity index (χ0) is 19.0. The van der Waals surface area contributed by atoms with Crippen LogP contribution in [0.4, 0.5) is 0 Å². The number of hydrogen-bond acceptors (Lipinski definition) is 5. The molecule has 2 N–H and O–H groups in total. The van der Waals surface area contributed by atoms with Crippen molar-refractivity contribution in [3.05, 3.63) is 54.1 Å². The van der Waals surface area contributed by atoms with Gasteiger partial charge in [-0.05, 0) is 55.8 Å². The Morgan fingerprint density at radius 1 is 1.00 bits per heavy atom. The third-order valence-corrected chi connectivity index (χ3v) is 3.75. The summed E-state index contributed by atoms with van der Waals surface area (Å²) in [5.74, 6) is 1.13. The molecule has 2 rings (SSSR count). The second-order valence-electron chi connectivity index (χ2n) is 6.26. The lowest BCUT2D eigenvalue weighted by Gasteiger charge is -2.21. The number of carboxylic acids is 1. The van der Waals surface area contributed by atoms with Gasteiger partial charge in [-0.2, -0.15) is 0 Å². The predicted molar refractivity (Wildman–Crippen MR) is 99.0 cm³/mol. The fourth-order valence-electron chi connectivity index (χ4n) is 2.16. The lowest BCUT2D eigenvalue weighted by Crippen LogP contribution is -2.37. The van der Waals surface area contributed by atoms with Crippen LogP contribution >= 0.6 is 0 Å². The number of ether oxygens (including phenoxy) is 3. The van der Waals surface area contributed by atoms with E-state index in [-0.39, 0.29) is 0 Å². The van der Waals surface area contributed by atoms with Crippen molar-refractivity contribution in [3.63, 3.8) is 0 Å². The van der Waals surface area contributed by atoms with Gasteiger partial charge >= 0.3 is 5.97 Å². The maximum Gasteiger partial charge on any atom is 0.347 e. The molecule has 2 aromatic rings. The lowest BCUT2D eigenvalue weighted by molar-refractivity contribution is -0.152. The summed E-state index contributed by atoms with van der Waals surface area (Å²) in [6, 6.07) is 14.8. The minimum atomic E-state index is -1.25. The zero-order valence-electron chi connectivity index (χ0n) is 15.3. The topological polar surface area (TPSA) is 77.0 Å². The number of carbonyl (C=O) groups is 1. The van der Waals surface area contributed by atoms with Crippen LogP contribution in [0.15, 0.2) is 48.5 Å². The molecule has 0 atom stereocenters. The fourth-order valence-corrected chi connectivity index (χ4v) is 2.16. The van der Waals surface area contributed by atoms with E-state index in [0.29, 0.717) is 25.4 Å². The van der Waals surface area contributed by atoms with Crippen LogP contribution in [0.1, 0.15) is 19.4 Å². The molecule has 0 bridgehead atoms. The van der Waals surface area contributed by atoms with Crippen LogP contribution in [0.5, 0.6) is 17.2 Å². The first-order valence-corrected chi connectivity index (χ1v) is 8.39. The second kappa shape index (κ2) is 9.10. The molecule has 0 fully saturated rings. The SMILES string of the molecule is COc1ccc(OCCNCc2ccc(OC(C)(C)C(=O)O)cc2)cc1. The highest BCUT2D eigenvalue weighted by molar-refractivity contribution is 5.76. The summed E-state index contributed by atoms with van der Waals surface area (Å²) in [6.07, 6.45) is 0. The van der Waals surface area contributed by atoms with E-state index in [2.05, 4.69) is 5.32 Å². The summed E-state index contributed by atoms with van der Waals surface area (Å²) < 4.78 is 16.2. The van der Waals surface area contributed by atoms with Gasteiger partial charge in [-0.1, -0.05) is 12.1 Å². The van der Waals surface area contributed by atoms with Gasteiger partial charge in [-0.3, -0.25) is 0 Å². The van der Waals surface area contributed by atoms with Gasteiger partial charge in [0.2, 0.25) is 0 Å². The van der Waals surface area contributed by atoms with Crippen LogP contribution in [0.3, 0.4) is 0 Å². The number of aliphatic carboxylic acids is 1. The summed E-state index contributed by atoms with van der Waals surface area (Å²) in [7, 11) is 1.63. The van der Waals surface area contributed by atoms with E-state index in [1.165, 1.54) is 13.8 Å². The molecular weight excluding hydrogens is 334 g/mol. The van der Waals surface area contributed by atoms with E-state index in [4.69, 9.17) is 19.3 Å². The van der Waals surface area contributed by atoms with Gasteiger partial charge < -0.3 is 24.6 Å². The van der Waals surface area contributed by atoms with Crippen molar-refractivity contribution in [2.75, 3.05) is 20.3 Å². The molecule has 0 spiro atoms. The minimum absolute atomic E-state index is 0.531. The highest BCUT2D eigenvalue weighted by Crippen LogP contribution is 2.19. The Labute approximate surface area is 153 Å². The maximum absolute atomic E-state index is 11.1. The molecule has 0 aliphatic heterocycles. The monoisotopic (exact) mass is 359 g/mol. The van der Waals surface area contributed by atoms with Crippen molar-refractivity contribution in [2.24, 2.45) is 0 Å². The Morgan fingerprint density at radius 3 is 2.15 bits per heavy atom. The van der Waals surface area contributed by atoms with E-state index in [1.807, 2.05) is 36.4 Å². The number of hydrogen-bond donors (Lipinski definition) is 2. The Bertz CT molecular complexity index is 695. The van der Waals surface area contributed by atoms with E-state index >= 15 is 0 Å². The number of nitrogens with one attached hydrogen (secondary N) is 1. The van der Waals surface area contributed by atoms with E-state index in [0.717, 1.165) is 17.1 Å². The third-order valence-electron chi connectivity index (χ3n) is 3.75. The molecule has 0 amide bonds. The first kappa shape index (κ1) is 19.6. The molecule has 0 aliphatic carbocycles. The van der Waals surface area contributed by atoms with E-state index in [1.54, 1.807) is 19.2 Å². The standard InChI is InChI=1S/C20H25NO5/c1-20(2,19(22)23)26-18-6-4-15(5-7-18)14-21-12-13-25-17-10-8-16(24-3)9-11-17/h4-11,21H,12-14H2,1-3H3,(H,22,23). The van der Waals surface area contributed by atoms with Crippen molar-refractivity contribution in [1.29, 1.82) is 0 Å². The molecule has 0 aliphatic rings. The largest absolute Gasteiger partial charge is 0.497 e. The van der Waals surface area contributed by atoms with Crippen molar-refractivity contribution in [3.8, 4) is 17.2 Å². The fraction of sp³-hybridized carbons (Fsp3) is 0.350. The Hall–Kier alpha value is -2.73. The van der Waals surface area contributed by atoms with Crippen LogP contribution in [0.2, 0.25) is 0 Å². The quantitative estimate of drug-likeness (QED) is 0.635. The predicted octanol–water partition coefficient (Wildman–Crippen LogP) is 3.11. The summed E-state index contributed by atoms with van der Waals surface area (Å²) in [5.41, 5.74) is -0.173. The van der Waals surface area contributed by atoms with Gasteiger partial charge in [0.25, 0.3) is 0 Å². The molecule has 26 heavy (non-hydrogen) atoms. The molecule has 6 heteroatoms. The normalized spacial score (nSPS) is 11.0. The average molecular weight is 359 g/mol. The molecule has 0 saturated heterocycles. The highest BCUT2D eigenvalue weighted by atomic mass is 16.5. The van der Waals surface area contributed by atoms with Crippen molar-refractivity contribution >= 4 is 5.97 Å². The molecule has 2 aromatic carbocycles. The van der Waals surface area contributed by atoms with Gasteiger partial charge in [0.15, 0.2) is 5.60 Å². The van der Waals surface area contributed by atoms with Crippen LogP contribution in [-0.2, 0) is 11.3 Å². The Balaban J connectivity index is 1.70. The Morgan fingerprint density at radius 2 is 1.58 bits per heavy atom. The number of rotatable bonds is 10. The molecule has 0 aromatic heterocycles. The van der Waals surface area contributed by atoms with E-state index in [9.17, 15) is 4.79 Å². The van der Waals surface area contributed by atoms with Crippen LogP contribution < -0.4 is 19.5 Å². The lowest BCUT2D eigenvalue weighted by atomic mass is 10.1. The molecule has 6 nitrogen and oxygen atoms in total. The van der Waals surface area contributed by atoms with E-state index < -0.39 is 11.6 Å². The molecule has 0 radical (unpaired) electrons. The van der Waals surface area contributed by atoms with Gasteiger partial charge in [-0.15, -0.1) is 0 Å². The van der Waals surface area contributed by atoms with Crippen molar-refractivity contribution in [1.82, 2.24) is 5.32 Å². The number of methoxy groups -OCH3 is 1. The zero-order valence-corrected chi connectivity index (χ0v) is 15.3. The van der Waals surface area contributed by atoms with Gasteiger partial charge in [0.05, 0.1) is 7.11 Å². The molecule has 0 heterocycles. The summed E-state index contributed by atoms with van der Waals surface area (Å²) >= 11 is 0. The Kier molecular flexibility index (Phi) is 6.86. The molecule has 0 saturated carbocycles. The summed E-state index contributed by atoms with van der Waals surface area (Å²) in [5, 5.41) is 12.4. The number of carboxylic acid groups (broad SMARTS) is 1. The van der Waals surface area contributed by atoms with Crippen molar-refractivity contribution < 1.29 is 24.1 Å². The van der Waals surface area contributed by atoms with Gasteiger partial charge in [-0.25, -0.2) is 4.79 Å².